The summed E-state index contributed by atoms with van der Waals surface area (Å²) in [5, 5.41) is 3.12. The van der Waals surface area contributed by atoms with Crippen LogP contribution >= 0.6 is 22.6 Å². The van der Waals surface area contributed by atoms with Gasteiger partial charge in [-0.3, -0.25) is 4.79 Å². The maximum atomic E-state index is 12.4. The number of hydrogen-bond acceptors (Lipinski definition) is 2. The number of carbonyl (C=O) groups excluding carboxylic acids is 1. The third-order valence-electron chi connectivity index (χ3n) is 3.72. The van der Waals surface area contributed by atoms with Crippen LogP contribution in [0.2, 0.25) is 0 Å². The fraction of sp³-hybridized carbons (Fsp3) is 0.500. The van der Waals surface area contributed by atoms with E-state index in [0.717, 1.165) is 21.1 Å². The summed E-state index contributed by atoms with van der Waals surface area (Å²) < 4.78 is 6.56. The monoisotopic (exact) mass is 359 g/mol. The Kier molecular flexibility index (Phi) is 3.96. The third kappa shape index (κ3) is 2.54. The molecule has 1 fully saturated rings. The predicted octanol–water partition coefficient (Wildman–Crippen LogP) is 2.90. The summed E-state index contributed by atoms with van der Waals surface area (Å²) in [6.45, 7) is 6.78. The molecule has 0 spiro atoms. The van der Waals surface area contributed by atoms with Crippen molar-refractivity contribution in [2.45, 2.75) is 38.8 Å². The van der Waals surface area contributed by atoms with Gasteiger partial charge in [0.15, 0.2) is 0 Å². The maximum Gasteiger partial charge on any atom is 0.252 e. The normalized spacial score (nSPS) is 27.2. The number of benzene rings is 1. The molecule has 3 nitrogen and oxygen atoms in total. The lowest BCUT2D eigenvalue weighted by Crippen LogP contribution is -2.50. The van der Waals surface area contributed by atoms with Crippen molar-refractivity contribution < 1.29 is 9.53 Å². The van der Waals surface area contributed by atoms with Crippen LogP contribution in [0.5, 0.6) is 0 Å². The molecule has 0 radical (unpaired) electrons. The molecule has 1 aliphatic rings. The van der Waals surface area contributed by atoms with Gasteiger partial charge in [-0.05, 0) is 61.4 Å². The zero-order chi connectivity index (χ0) is 13.3. The summed E-state index contributed by atoms with van der Waals surface area (Å²) in [6, 6.07) is 5.80. The van der Waals surface area contributed by atoms with Gasteiger partial charge in [0.05, 0.1) is 17.2 Å². The minimum absolute atomic E-state index is 0.0112. The molecule has 2 atom stereocenters. The smallest absolute Gasteiger partial charge is 0.252 e. The number of amides is 1. The van der Waals surface area contributed by atoms with Gasteiger partial charge in [0.2, 0.25) is 0 Å². The highest BCUT2D eigenvalue weighted by Gasteiger charge is 2.38. The number of ether oxygens (including phenoxy) is 1. The van der Waals surface area contributed by atoms with Gasteiger partial charge in [-0.1, -0.05) is 12.1 Å². The van der Waals surface area contributed by atoms with Crippen LogP contribution in [0, 0.1) is 10.5 Å². The molecule has 0 bridgehead atoms. The molecule has 1 aliphatic heterocycles. The summed E-state index contributed by atoms with van der Waals surface area (Å²) >= 11 is 2.22. The fourth-order valence-corrected chi connectivity index (χ4v) is 2.75. The van der Waals surface area contributed by atoms with Crippen LogP contribution in [0.4, 0.5) is 0 Å². The van der Waals surface area contributed by atoms with Crippen molar-refractivity contribution in [3.05, 3.63) is 32.9 Å². The summed E-state index contributed by atoms with van der Waals surface area (Å²) in [5.41, 5.74) is 1.62. The lowest BCUT2D eigenvalue weighted by atomic mass is 9.94. The van der Waals surface area contributed by atoms with Crippen LogP contribution in [0.1, 0.15) is 36.2 Å². The van der Waals surface area contributed by atoms with Crippen LogP contribution in [0.3, 0.4) is 0 Å². The van der Waals surface area contributed by atoms with E-state index in [2.05, 4.69) is 27.9 Å². The van der Waals surface area contributed by atoms with E-state index in [-0.39, 0.29) is 17.6 Å². The van der Waals surface area contributed by atoms with Crippen molar-refractivity contribution in [2.75, 3.05) is 6.61 Å². The second kappa shape index (κ2) is 5.17. The number of halogens is 1. The van der Waals surface area contributed by atoms with Gasteiger partial charge in [-0.15, -0.1) is 0 Å². The van der Waals surface area contributed by atoms with Gasteiger partial charge in [0.1, 0.15) is 0 Å². The molecular weight excluding hydrogens is 341 g/mol. The maximum absolute atomic E-state index is 12.4. The third-order valence-corrected chi connectivity index (χ3v) is 5.15. The number of rotatable bonds is 2. The van der Waals surface area contributed by atoms with Gasteiger partial charge >= 0.3 is 0 Å². The molecule has 2 unspecified atom stereocenters. The molecule has 1 N–H and O–H groups in total. The molecule has 2 rings (SSSR count). The number of hydrogen-bond donors (Lipinski definition) is 1. The highest BCUT2D eigenvalue weighted by Crippen LogP contribution is 2.26. The molecule has 1 heterocycles. The SMILES string of the molecule is Cc1cccc(C(=O)NC2(C)CCOC2C)c1I. The summed E-state index contributed by atoms with van der Waals surface area (Å²) in [5.74, 6) is -0.0112. The first-order valence-corrected chi connectivity index (χ1v) is 7.21. The number of nitrogens with one attached hydrogen (secondary N) is 1. The second-order valence-electron chi connectivity index (χ2n) is 5.07. The molecule has 4 heteroatoms. The Morgan fingerprint density at radius 2 is 2.28 bits per heavy atom. The van der Waals surface area contributed by atoms with E-state index >= 15 is 0 Å². The first kappa shape index (κ1) is 13.8. The van der Waals surface area contributed by atoms with Gasteiger partial charge in [-0.2, -0.15) is 0 Å². The minimum atomic E-state index is -0.260. The molecule has 1 amide bonds. The lowest BCUT2D eigenvalue weighted by molar-refractivity contribution is 0.0727. The second-order valence-corrected chi connectivity index (χ2v) is 6.15. The van der Waals surface area contributed by atoms with Gasteiger partial charge in [0, 0.05) is 10.2 Å². The largest absolute Gasteiger partial charge is 0.376 e. The first-order chi connectivity index (χ1) is 8.44. The Bertz CT molecular complexity index is 475. The van der Waals surface area contributed by atoms with Crippen LogP contribution in [-0.4, -0.2) is 24.2 Å². The summed E-state index contributed by atoms with van der Waals surface area (Å²) in [7, 11) is 0. The standard InChI is InChI=1S/C14H18INO2/c1-9-5-4-6-11(12(9)15)13(17)16-14(3)7-8-18-10(14)2/h4-6,10H,7-8H2,1-3H3,(H,16,17). The van der Waals surface area contributed by atoms with E-state index in [9.17, 15) is 4.79 Å². The molecule has 0 aromatic heterocycles. The Balaban J connectivity index is 2.20. The summed E-state index contributed by atoms with van der Waals surface area (Å²) in [4.78, 5) is 12.4. The number of carbonyl (C=O) groups is 1. The average Bonchev–Trinajstić information content (AvgIpc) is 2.62. The molecule has 18 heavy (non-hydrogen) atoms. The minimum Gasteiger partial charge on any atom is -0.376 e. The molecule has 0 aliphatic carbocycles. The van der Waals surface area contributed by atoms with Crippen LogP contribution in [0.25, 0.3) is 0 Å². The van der Waals surface area contributed by atoms with Crippen molar-refractivity contribution in [2.24, 2.45) is 0 Å². The van der Waals surface area contributed by atoms with Gasteiger partial charge in [0.25, 0.3) is 5.91 Å². The average molecular weight is 359 g/mol. The Labute approximate surface area is 121 Å². The van der Waals surface area contributed by atoms with Crippen LogP contribution < -0.4 is 5.32 Å². The molecular formula is C14H18INO2. The van der Waals surface area contributed by atoms with Crippen LogP contribution in [0.15, 0.2) is 18.2 Å². The number of aryl methyl sites for hydroxylation is 1. The highest BCUT2D eigenvalue weighted by atomic mass is 127. The van der Waals surface area contributed by atoms with E-state index in [1.54, 1.807) is 0 Å². The predicted molar refractivity (Wildman–Crippen MR) is 79.8 cm³/mol. The van der Waals surface area contributed by atoms with E-state index in [1.807, 2.05) is 39.0 Å². The van der Waals surface area contributed by atoms with Crippen molar-refractivity contribution in [1.29, 1.82) is 0 Å². The fourth-order valence-electron chi connectivity index (χ4n) is 2.15. The molecule has 1 saturated heterocycles. The van der Waals surface area contributed by atoms with E-state index in [0.29, 0.717) is 6.61 Å². The molecule has 0 saturated carbocycles. The highest BCUT2D eigenvalue weighted by molar-refractivity contribution is 14.1. The zero-order valence-electron chi connectivity index (χ0n) is 10.9. The van der Waals surface area contributed by atoms with E-state index in [4.69, 9.17) is 4.74 Å². The summed E-state index contributed by atoms with van der Waals surface area (Å²) in [6.07, 6.45) is 0.923. The topological polar surface area (TPSA) is 38.3 Å². The lowest BCUT2D eigenvalue weighted by Gasteiger charge is -2.29. The van der Waals surface area contributed by atoms with Crippen molar-refractivity contribution in [1.82, 2.24) is 5.32 Å². The molecule has 1 aromatic carbocycles. The Morgan fingerprint density at radius 3 is 2.89 bits per heavy atom. The van der Waals surface area contributed by atoms with Crippen molar-refractivity contribution >= 4 is 28.5 Å². The van der Waals surface area contributed by atoms with Gasteiger partial charge < -0.3 is 10.1 Å². The first-order valence-electron chi connectivity index (χ1n) is 6.13. The van der Waals surface area contributed by atoms with Gasteiger partial charge in [-0.25, -0.2) is 0 Å². The molecule has 1 aromatic rings. The van der Waals surface area contributed by atoms with Crippen molar-refractivity contribution in [3.63, 3.8) is 0 Å². The van der Waals surface area contributed by atoms with Crippen LogP contribution in [-0.2, 0) is 4.74 Å². The van der Waals surface area contributed by atoms with E-state index < -0.39 is 0 Å². The molecule has 98 valence electrons. The quantitative estimate of drug-likeness (QED) is 0.825. The Morgan fingerprint density at radius 1 is 1.56 bits per heavy atom. The Hall–Kier alpha value is -0.620. The van der Waals surface area contributed by atoms with Crippen molar-refractivity contribution in [3.8, 4) is 0 Å². The zero-order valence-corrected chi connectivity index (χ0v) is 13.1. The van der Waals surface area contributed by atoms with E-state index in [1.165, 1.54) is 0 Å².